The predicted molar refractivity (Wildman–Crippen MR) is 107 cm³/mol. The minimum absolute atomic E-state index is 0.0110. The average molecular weight is 399 g/mol. The third kappa shape index (κ3) is 5.15. The number of hydrogen-bond acceptors (Lipinski definition) is 7. The minimum Gasteiger partial charge on any atom is -0.497 e. The number of amides is 1. The van der Waals surface area contributed by atoms with E-state index in [1.54, 1.807) is 43.5 Å². The maximum Gasteiger partial charge on any atom is 0.257 e. The Labute approximate surface area is 165 Å². The molecular weight excluding hydrogens is 382 g/mol. The molecule has 138 valence electrons. The molecule has 0 fully saturated rings. The van der Waals surface area contributed by atoms with E-state index in [-0.39, 0.29) is 17.4 Å². The molecule has 0 aliphatic rings. The molecule has 1 amide bonds. The third-order valence-corrected chi connectivity index (χ3v) is 5.65. The van der Waals surface area contributed by atoms with Gasteiger partial charge in [0.25, 0.3) is 5.91 Å². The molecule has 0 spiro atoms. The zero-order valence-corrected chi connectivity index (χ0v) is 16.4. The second-order valence-electron chi connectivity index (χ2n) is 5.63. The average Bonchev–Trinajstić information content (AvgIpc) is 3.14. The number of rotatable bonds is 7. The van der Waals surface area contributed by atoms with Crippen LogP contribution in [0.3, 0.4) is 0 Å². The van der Waals surface area contributed by atoms with E-state index < -0.39 is 0 Å². The summed E-state index contributed by atoms with van der Waals surface area (Å²) in [5.74, 6) is 0.699. The van der Waals surface area contributed by atoms with E-state index in [4.69, 9.17) is 4.74 Å². The number of anilines is 1. The number of benzene rings is 2. The van der Waals surface area contributed by atoms with Crippen molar-refractivity contribution in [1.29, 1.82) is 0 Å². The van der Waals surface area contributed by atoms with Gasteiger partial charge in [-0.05, 0) is 43.3 Å². The molecule has 3 aromatic rings. The van der Waals surface area contributed by atoms with E-state index in [1.165, 1.54) is 23.1 Å². The van der Waals surface area contributed by atoms with Crippen molar-refractivity contribution >= 4 is 39.9 Å². The third-order valence-electron chi connectivity index (χ3n) is 3.68. The molecule has 0 unspecified atom stereocenters. The number of methoxy groups -OCH3 is 1. The van der Waals surface area contributed by atoms with E-state index in [0.717, 1.165) is 5.56 Å². The highest BCUT2D eigenvalue weighted by Gasteiger charge is 2.13. The first-order valence-electron chi connectivity index (χ1n) is 8.07. The topological polar surface area (TPSA) is 81.2 Å². The maximum absolute atomic E-state index is 12.2. The lowest BCUT2D eigenvalue weighted by Crippen LogP contribution is -2.11. The predicted octanol–water partition coefficient (Wildman–Crippen LogP) is 4.08. The summed E-state index contributed by atoms with van der Waals surface area (Å²) in [5, 5.41) is 11.1. The first-order valence-corrected chi connectivity index (χ1v) is 9.87. The van der Waals surface area contributed by atoms with Gasteiger partial charge in [0, 0.05) is 11.1 Å². The highest BCUT2D eigenvalue weighted by atomic mass is 32.2. The van der Waals surface area contributed by atoms with Gasteiger partial charge >= 0.3 is 0 Å². The summed E-state index contributed by atoms with van der Waals surface area (Å²) >= 11 is 2.53. The Hall–Kier alpha value is -2.71. The van der Waals surface area contributed by atoms with Gasteiger partial charge in [-0.25, -0.2) is 0 Å². The van der Waals surface area contributed by atoms with Crippen molar-refractivity contribution in [2.75, 3.05) is 18.2 Å². The van der Waals surface area contributed by atoms with E-state index >= 15 is 0 Å². The molecule has 1 heterocycles. The summed E-state index contributed by atoms with van der Waals surface area (Å²) in [6.07, 6.45) is 0. The van der Waals surface area contributed by atoms with E-state index in [2.05, 4.69) is 15.5 Å². The Bertz CT molecular complexity index is 938. The van der Waals surface area contributed by atoms with Crippen LogP contribution in [0.1, 0.15) is 26.3 Å². The van der Waals surface area contributed by atoms with Crippen LogP contribution in [0, 0.1) is 6.92 Å². The van der Waals surface area contributed by atoms with Crippen LogP contribution in [0.25, 0.3) is 0 Å². The number of ether oxygens (including phenoxy) is 1. The Morgan fingerprint density at radius 3 is 2.37 bits per heavy atom. The number of carbonyl (C=O) groups excluding carboxylic acids is 2. The molecule has 0 radical (unpaired) electrons. The lowest BCUT2D eigenvalue weighted by Gasteiger charge is -2.02. The van der Waals surface area contributed by atoms with Crippen molar-refractivity contribution in [3.63, 3.8) is 0 Å². The Morgan fingerprint density at radius 1 is 1.04 bits per heavy atom. The summed E-state index contributed by atoms with van der Waals surface area (Å²) in [4.78, 5) is 24.4. The van der Waals surface area contributed by atoms with Gasteiger partial charge in [-0.3, -0.25) is 14.9 Å². The van der Waals surface area contributed by atoms with Crippen LogP contribution in [-0.2, 0) is 0 Å². The standard InChI is InChI=1S/C19H17N3O3S2/c1-12-3-5-14(6-4-12)17(24)20-18-21-22-19(27-18)26-11-16(23)13-7-9-15(25-2)10-8-13/h3-10H,11H2,1-2H3,(H,20,21,24). The van der Waals surface area contributed by atoms with Crippen LogP contribution in [0.15, 0.2) is 52.9 Å². The van der Waals surface area contributed by atoms with E-state index in [1.807, 2.05) is 19.1 Å². The summed E-state index contributed by atoms with van der Waals surface area (Å²) < 4.78 is 5.70. The van der Waals surface area contributed by atoms with Crippen molar-refractivity contribution in [2.45, 2.75) is 11.3 Å². The highest BCUT2D eigenvalue weighted by molar-refractivity contribution is 8.01. The molecule has 2 aromatic carbocycles. The molecule has 0 bridgehead atoms. The van der Waals surface area contributed by atoms with Gasteiger partial charge in [-0.1, -0.05) is 40.8 Å². The van der Waals surface area contributed by atoms with E-state index in [0.29, 0.717) is 26.3 Å². The number of aromatic nitrogens is 2. The normalized spacial score (nSPS) is 10.4. The van der Waals surface area contributed by atoms with Crippen molar-refractivity contribution in [1.82, 2.24) is 10.2 Å². The van der Waals surface area contributed by atoms with Crippen LogP contribution >= 0.6 is 23.1 Å². The number of carbonyl (C=O) groups is 2. The fourth-order valence-electron chi connectivity index (χ4n) is 2.18. The first-order chi connectivity index (χ1) is 13.0. The fraction of sp³-hybridized carbons (Fsp3) is 0.158. The van der Waals surface area contributed by atoms with Gasteiger partial charge in [0.2, 0.25) is 5.13 Å². The van der Waals surface area contributed by atoms with E-state index in [9.17, 15) is 9.59 Å². The van der Waals surface area contributed by atoms with Crippen molar-refractivity contribution in [2.24, 2.45) is 0 Å². The zero-order valence-electron chi connectivity index (χ0n) is 14.8. The Kier molecular flexibility index (Phi) is 6.20. The van der Waals surface area contributed by atoms with Crippen LogP contribution in [0.2, 0.25) is 0 Å². The fourth-order valence-corrected chi connectivity index (χ4v) is 3.82. The zero-order chi connectivity index (χ0) is 19.2. The molecule has 0 aliphatic heterocycles. The largest absolute Gasteiger partial charge is 0.497 e. The smallest absolute Gasteiger partial charge is 0.257 e. The molecule has 27 heavy (non-hydrogen) atoms. The SMILES string of the molecule is COc1ccc(C(=O)CSc2nnc(NC(=O)c3ccc(C)cc3)s2)cc1. The molecule has 1 N–H and O–H groups in total. The molecule has 3 rings (SSSR count). The maximum atomic E-state index is 12.2. The number of thioether (sulfide) groups is 1. The second-order valence-corrected chi connectivity index (χ2v) is 7.83. The molecular formula is C19H17N3O3S2. The number of nitrogens with one attached hydrogen (secondary N) is 1. The first kappa shape index (κ1) is 19.1. The molecule has 1 aromatic heterocycles. The van der Waals surface area contributed by atoms with Crippen LogP contribution in [-0.4, -0.2) is 34.8 Å². The van der Waals surface area contributed by atoms with Crippen LogP contribution in [0.4, 0.5) is 5.13 Å². The quantitative estimate of drug-likeness (QED) is 0.366. The Morgan fingerprint density at radius 2 is 1.70 bits per heavy atom. The van der Waals surface area contributed by atoms with Crippen molar-refractivity contribution in [3.8, 4) is 5.75 Å². The summed E-state index contributed by atoms with van der Waals surface area (Å²) in [7, 11) is 1.58. The summed E-state index contributed by atoms with van der Waals surface area (Å²) in [6.45, 7) is 1.96. The van der Waals surface area contributed by atoms with Gasteiger partial charge in [-0.15, -0.1) is 10.2 Å². The molecule has 0 atom stereocenters. The number of aryl methyl sites for hydroxylation is 1. The molecule has 0 aliphatic carbocycles. The minimum atomic E-state index is -0.239. The molecule has 6 nitrogen and oxygen atoms in total. The Balaban J connectivity index is 1.55. The number of ketones is 1. The number of Topliss-reactive ketones (excluding diaryl/α,β-unsaturated/α-hetero) is 1. The highest BCUT2D eigenvalue weighted by Crippen LogP contribution is 2.26. The van der Waals surface area contributed by atoms with Gasteiger partial charge in [-0.2, -0.15) is 0 Å². The molecule has 0 saturated carbocycles. The lowest BCUT2D eigenvalue weighted by atomic mass is 10.1. The van der Waals surface area contributed by atoms with Crippen LogP contribution < -0.4 is 10.1 Å². The number of nitrogens with zero attached hydrogens (tertiary/aromatic N) is 2. The summed E-state index contributed by atoms with van der Waals surface area (Å²) in [5.41, 5.74) is 2.25. The van der Waals surface area contributed by atoms with Gasteiger partial charge in [0.15, 0.2) is 10.1 Å². The van der Waals surface area contributed by atoms with Gasteiger partial charge in [0.1, 0.15) is 5.75 Å². The van der Waals surface area contributed by atoms with Gasteiger partial charge in [0.05, 0.1) is 12.9 Å². The summed E-state index contributed by atoms with van der Waals surface area (Å²) in [6, 6.07) is 14.2. The van der Waals surface area contributed by atoms with Crippen LogP contribution in [0.5, 0.6) is 5.75 Å². The second kappa shape index (κ2) is 8.79. The lowest BCUT2D eigenvalue weighted by molar-refractivity contribution is 0.101. The molecule has 0 saturated heterocycles. The van der Waals surface area contributed by atoms with Crippen molar-refractivity contribution < 1.29 is 14.3 Å². The van der Waals surface area contributed by atoms with Crippen molar-refractivity contribution in [3.05, 3.63) is 65.2 Å². The number of hydrogen-bond donors (Lipinski definition) is 1. The monoisotopic (exact) mass is 399 g/mol. The van der Waals surface area contributed by atoms with Gasteiger partial charge < -0.3 is 4.74 Å². The molecule has 8 heteroatoms.